The summed E-state index contributed by atoms with van der Waals surface area (Å²) < 4.78 is 33.6. The maximum Gasteiger partial charge on any atom is 0.229 e. The third kappa shape index (κ3) is 4.97. The molecule has 8 nitrogen and oxygen atoms in total. The van der Waals surface area contributed by atoms with Crippen LogP contribution in [-0.2, 0) is 10.0 Å². The van der Waals surface area contributed by atoms with Crippen LogP contribution in [-0.4, -0.2) is 36.4 Å². The first-order valence-corrected chi connectivity index (χ1v) is 14.4. The molecule has 1 saturated heterocycles. The Hall–Kier alpha value is -3.89. The van der Waals surface area contributed by atoms with E-state index in [9.17, 15) is 8.42 Å². The molecule has 2 aromatic heterocycles. The van der Waals surface area contributed by atoms with E-state index >= 15 is 0 Å². The van der Waals surface area contributed by atoms with Crippen molar-refractivity contribution in [3.63, 3.8) is 0 Å². The molecule has 0 aliphatic carbocycles. The normalized spacial score (nSPS) is 17.4. The summed E-state index contributed by atoms with van der Waals surface area (Å²) in [6.45, 7) is 4.19. The van der Waals surface area contributed by atoms with E-state index < -0.39 is 10.0 Å². The quantitative estimate of drug-likeness (QED) is 0.313. The number of aryl methyl sites for hydroxylation is 1. The van der Waals surface area contributed by atoms with E-state index in [1.54, 1.807) is 25.4 Å². The summed E-state index contributed by atoms with van der Waals surface area (Å²) in [6, 6.07) is 22.9. The van der Waals surface area contributed by atoms with Gasteiger partial charge in [-0.15, -0.1) is 0 Å². The van der Waals surface area contributed by atoms with Crippen LogP contribution in [0.3, 0.4) is 0 Å². The Bertz CT molecular complexity index is 1580. The monoisotopic (exact) mass is 547 g/mol. The van der Waals surface area contributed by atoms with Crippen LogP contribution in [0.5, 0.6) is 5.75 Å². The van der Waals surface area contributed by atoms with Crippen LogP contribution in [0.1, 0.15) is 34.7 Å². The van der Waals surface area contributed by atoms with Gasteiger partial charge in [0.05, 0.1) is 31.1 Å². The molecule has 1 aliphatic rings. The highest BCUT2D eigenvalue weighted by molar-refractivity contribution is 7.92. The highest BCUT2D eigenvalue weighted by atomic mass is 32.2. The number of benzene rings is 2. The number of nitrogens with zero attached hydrogens (tertiary/aromatic N) is 3. The number of ether oxygens (including phenoxy) is 1. The van der Waals surface area contributed by atoms with Gasteiger partial charge in [0.1, 0.15) is 5.75 Å². The zero-order valence-corrected chi connectivity index (χ0v) is 23.2. The summed E-state index contributed by atoms with van der Waals surface area (Å²) in [4.78, 5) is 6.72. The van der Waals surface area contributed by atoms with Crippen molar-refractivity contribution >= 4 is 38.7 Å². The van der Waals surface area contributed by atoms with Crippen molar-refractivity contribution in [3.8, 4) is 11.4 Å². The molecule has 2 N–H and O–H groups in total. The number of hydrogen-bond acceptors (Lipinski definition) is 5. The minimum atomic E-state index is -3.38. The molecular weight excluding hydrogens is 518 g/mol. The molecule has 1 aliphatic heterocycles. The molecule has 0 saturated carbocycles. The molecule has 0 amide bonds. The van der Waals surface area contributed by atoms with Crippen LogP contribution in [0, 0.1) is 13.8 Å². The summed E-state index contributed by atoms with van der Waals surface area (Å²) >= 11 is 5.86. The molecule has 4 aromatic rings. The average molecular weight is 548 g/mol. The number of hydrogen-bond donors (Lipinski definition) is 2. The van der Waals surface area contributed by atoms with Crippen molar-refractivity contribution in [3.05, 3.63) is 102 Å². The SMILES string of the molecule is COc1cccc(-n2c(C)cc([C@@H]3[C@H](c4ccccn4)NC(=S)N3c3ccc(NS(C)(=O)=O)cc3)c2C)c1. The summed E-state index contributed by atoms with van der Waals surface area (Å²) in [5, 5.41) is 4.06. The van der Waals surface area contributed by atoms with Gasteiger partial charge in [-0.25, -0.2) is 8.42 Å². The second kappa shape index (κ2) is 10.1. The first kappa shape index (κ1) is 25.7. The molecule has 196 valence electrons. The summed E-state index contributed by atoms with van der Waals surface area (Å²) in [6.07, 6.45) is 2.91. The van der Waals surface area contributed by atoms with Gasteiger partial charge >= 0.3 is 0 Å². The largest absolute Gasteiger partial charge is 0.497 e. The van der Waals surface area contributed by atoms with Gasteiger partial charge in [-0.1, -0.05) is 12.1 Å². The first-order valence-electron chi connectivity index (χ1n) is 12.1. The van der Waals surface area contributed by atoms with E-state index in [1.165, 1.54) is 0 Å². The van der Waals surface area contributed by atoms with Crippen LogP contribution in [0.25, 0.3) is 5.69 Å². The molecule has 3 heterocycles. The third-order valence-corrected chi connectivity index (χ3v) is 7.57. The maximum atomic E-state index is 11.7. The first-order chi connectivity index (χ1) is 18.2. The van der Waals surface area contributed by atoms with Gasteiger partial charge in [0, 0.05) is 40.7 Å². The molecule has 5 rings (SSSR count). The number of aromatic nitrogens is 2. The number of methoxy groups -OCH3 is 1. The number of nitrogens with one attached hydrogen (secondary N) is 2. The fourth-order valence-electron chi connectivity index (χ4n) is 5.09. The molecule has 0 radical (unpaired) electrons. The van der Waals surface area contributed by atoms with Gasteiger partial charge in [-0.05, 0) is 86.2 Å². The Morgan fingerprint density at radius 2 is 1.76 bits per heavy atom. The van der Waals surface area contributed by atoms with Gasteiger partial charge in [0.25, 0.3) is 0 Å². The molecule has 10 heteroatoms. The maximum absolute atomic E-state index is 11.7. The molecule has 2 atom stereocenters. The van der Waals surface area contributed by atoms with Crippen LogP contribution in [0.15, 0.2) is 79.0 Å². The molecule has 1 fully saturated rings. The Labute approximate surface area is 228 Å². The van der Waals surface area contributed by atoms with E-state index in [4.69, 9.17) is 17.0 Å². The minimum Gasteiger partial charge on any atom is -0.497 e. The van der Waals surface area contributed by atoms with Crippen molar-refractivity contribution in [1.82, 2.24) is 14.9 Å². The van der Waals surface area contributed by atoms with Crippen molar-refractivity contribution < 1.29 is 13.2 Å². The van der Waals surface area contributed by atoms with Crippen molar-refractivity contribution in [2.24, 2.45) is 0 Å². The Balaban J connectivity index is 1.62. The third-order valence-electron chi connectivity index (χ3n) is 6.65. The number of thiocarbonyl (C=S) groups is 1. The van der Waals surface area contributed by atoms with Crippen LogP contribution < -0.4 is 19.7 Å². The average Bonchev–Trinajstić information content (AvgIpc) is 3.39. The Morgan fingerprint density at radius 1 is 1.00 bits per heavy atom. The predicted molar refractivity (Wildman–Crippen MR) is 155 cm³/mol. The van der Waals surface area contributed by atoms with Crippen molar-refractivity contribution in [2.45, 2.75) is 25.9 Å². The Kier molecular flexibility index (Phi) is 6.85. The lowest BCUT2D eigenvalue weighted by Gasteiger charge is -2.28. The standard InChI is InChI=1S/C28H29N5O3S2/c1-18-16-24(19(2)32(18)22-8-7-9-23(17-22)36-3)27-26(25-10-5-6-15-29-25)30-28(37)33(27)21-13-11-20(12-14-21)31-38(4,34)35/h5-17,26-27,31H,1-4H3,(H,30,37)/t26-,27+/m0/s1. The van der Waals surface area contributed by atoms with Crippen LogP contribution in [0.2, 0.25) is 0 Å². The predicted octanol–water partition coefficient (Wildman–Crippen LogP) is 5.05. The lowest BCUT2D eigenvalue weighted by atomic mass is 9.96. The molecule has 2 aromatic carbocycles. The van der Waals surface area contributed by atoms with E-state index in [-0.39, 0.29) is 12.1 Å². The summed E-state index contributed by atoms with van der Waals surface area (Å²) in [5.41, 5.74) is 6.48. The number of sulfonamides is 1. The summed E-state index contributed by atoms with van der Waals surface area (Å²) in [7, 11) is -1.72. The van der Waals surface area contributed by atoms with Gasteiger partial charge in [0.15, 0.2) is 5.11 Å². The highest BCUT2D eigenvalue weighted by Gasteiger charge is 2.42. The number of pyridine rings is 1. The highest BCUT2D eigenvalue weighted by Crippen LogP contribution is 2.44. The lowest BCUT2D eigenvalue weighted by Crippen LogP contribution is -2.29. The smallest absolute Gasteiger partial charge is 0.229 e. The molecular formula is C28H29N5O3S2. The molecule has 38 heavy (non-hydrogen) atoms. The summed E-state index contributed by atoms with van der Waals surface area (Å²) in [5.74, 6) is 0.788. The fraction of sp³-hybridized carbons (Fsp3) is 0.214. The van der Waals surface area contributed by atoms with E-state index in [0.29, 0.717) is 10.8 Å². The van der Waals surface area contributed by atoms with Gasteiger partial charge < -0.3 is 19.5 Å². The van der Waals surface area contributed by atoms with E-state index in [2.05, 4.69) is 50.5 Å². The van der Waals surface area contributed by atoms with Gasteiger partial charge in [0.2, 0.25) is 10.0 Å². The Morgan fingerprint density at radius 3 is 2.42 bits per heavy atom. The fourth-order valence-corrected chi connectivity index (χ4v) is 6.00. The van der Waals surface area contributed by atoms with Crippen molar-refractivity contribution in [1.29, 1.82) is 0 Å². The van der Waals surface area contributed by atoms with Gasteiger partial charge in [-0.3, -0.25) is 9.71 Å². The van der Waals surface area contributed by atoms with Crippen LogP contribution in [0.4, 0.5) is 11.4 Å². The second-order valence-corrected chi connectivity index (χ2v) is 11.4. The molecule has 0 unspecified atom stereocenters. The van der Waals surface area contributed by atoms with Crippen LogP contribution >= 0.6 is 12.2 Å². The molecule has 0 spiro atoms. The number of anilines is 2. The zero-order valence-electron chi connectivity index (χ0n) is 21.5. The zero-order chi connectivity index (χ0) is 27.0. The molecule has 0 bridgehead atoms. The second-order valence-electron chi connectivity index (χ2n) is 9.28. The lowest BCUT2D eigenvalue weighted by molar-refractivity contribution is 0.414. The van der Waals surface area contributed by atoms with E-state index in [0.717, 1.165) is 46.0 Å². The van der Waals surface area contributed by atoms with Crippen molar-refractivity contribution in [2.75, 3.05) is 23.0 Å². The minimum absolute atomic E-state index is 0.197. The van der Waals surface area contributed by atoms with E-state index in [1.807, 2.05) is 48.5 Å². The number of rotatable bonds is 7. The van der Waals surface area contributed by atoms with Gasteiger partial charge in [-0.2, -0.15) is 0 Å². The topological polar surface area (TPSA) is 88.5 Å².